The fraction of sp³-hybridized carbons (Fsp3) is 0.455. The van der Waals surface area contributed by atoms with Gasteiger partial charge in [0.15, 0.2) is 0 Å². The van der Waals surface area contributed by atoms with Crippen LogP contribution in [0.5, 0.6) is 0 Å². The van der Waals surface area contributed by atoms with Gasteiger partial charge in [0.1, 0.15) is 11.4 Å². The van der Waals surface area contributed by atoms with E-state index in [4.69, 9.17) is 5.73 Å². The number of carbonyl (C=O) groups is 2. The fourth-order valence-electron chi connectivity index (χ4n) is 1.20. The van der Waals surface area contributed by atoms with Gasteiger partial charge in [-0.1, -0.05) is 0 Å². The van der Waals surface area contributed by atoms with Crippen LogP contribution in [0, 0.1) is 6.92 Å². The lowest BCUT2D eigenvalue weighted by molar-refractivity contribution is -0.121. The molecule has 0 radical (unpaired) electrons. The molecule has 7 nitrogen and oxygen atoms in total. The standard InChI is InChI=1S/C11H16N4O3/c1-6-5-7(15-11(2,3)10(12)17)14-8(13-6)9(16)18-4/h5H,1-4H3,(H2,12,17)(H,13,14,15). The number of carbonyl (C=O) groups excluding carboxylic acids is 2. The van der Waals surface area contributed by atoms with E-state index in [1.54, 1.807) is 26.8 Å². The van der Waals surface area contributed by atoms with Crippen molar-refractivity contribution in [3.8, 4) is 0 Å². The number of aromatic nitrogens is 2. The predicted octanol–water partition coefficient (Wildman–Crippen LogP) is 0.247. The highest BCUT2D eigenvalue weighted by Gasteiger charge is 2.25. The van der Waals surface area contributed by atoms with E-state index in [9.17, 15) is 9.59 Å². The average molecular weight is 252 g/mol. The zero-order chi connectivity index (χ0) is 13.9. The third-order valence-corrected chi connectivity index (χ3v) is 2.28. The number of rotatable bonds is 4. The molecule has 0 atom stereocenters. The molecule has 3 N–H and O–H groups in total. The molecule has 0 saturated carbocycles. The Morgan fingerprint density at radius 1 is 1.39 bits per heavy atom. The highest BCUT2D eigenvalue weighted by molar-refractivity contribution is 5.87. The molecular formula is C11H16N4O3. The second-order valence-corrected chi connectivity index (χ2v) is 4.32. The molecule has 0 unspecified atom stereocenters. The smallest absolute Gasteiger partial charge is 0.376 e. The Morgan fingerprint density at radius 2 is 2.00 bits per heavy atom. The summed E-state index contributed by atoms with van der Waals surface area (Å²) in [5.74, 6) is -0.899. The number of methoxy groups -OCH3 is 1. The number of ether oxygens (including phenoxy) is 1. The lowest BCUT2D eigenvalue weighted by Crippen LogP contribution is -2.45. The molecule has 0 aromatic carbocycles. The summed E-state index contributed by atoms with van der Waals surface area (Å²) in [6.07, 6.45) is 0. The van der Waals surface area contributed by atoms with Crippen LogP contribution in [0.2, 0.25) is 0 Å². The Balaban J connectivity index is 3.07. The lowest BCUT2D eigenvalue weighted by atomic mass is 10.1. The highest BCUT2D eigenvalue weighted by atomic mass is 16.5. The molecule has 1 aromatic heterocycles. The molecule has 0 aliphatic carbocycles. The molecule has 0 aliphatic heterocycles. The molecule has 1 aromatic rings. The zero-order valence-corrected chi connectivity index (χ0v) is 10.8. The molecule has 1 heterocycles. The summed E-state index contributed by atoms with van der Waals surface area (Å²) >= 11 is 0. The number of hydrogen-bond acceptors (Lipinski definition) is 6. The van der Waals surface area contributed by atoms with Gasteiger partial charge >= 0.3 is 5.97 Å². The van der Waals surface area contributed by atoms with Crippen molar-refractivity contribution in [3.63, 3.8) is 0 Å². The maximum absolute atomic E-state index is 11.4. The van der Waals surface area contributed by atoms with Crippen LogP contribution in [0.3, 0.4) is 0 Å². The first-order valence-electron chi connectivity index (χ1n) is 5.28. The van der Waals surface area contributed by atoms with Crippen LogP contribution in [0.25, 0.3) is 0 Å². The van der Waals surface area contributed by atoms with Crippen LogP contribution in [0.1, 0.15) is 30.2 Å². The van der Waals surface area contributed by atoms with Gasteiger partial charge in [0.2, 0.25) is 11.7 Å². The van der Waals surface area contributed by atoms with E-state index in [1.807, 2.05) is 0 Å². The van der Waals surface area contributed by atoms with Crippen molar-refractivity contribution < 1.29 is 14.3 Å². The van der Waals surface area contributed by atoms with Crippen molar-refractivity contribution in [3.05, 3.63) is 17.6 Å². The van der Waals surface area contributed by atoms with E-state index in [2.05, 4.69) is 20.0 Å². The number of nitrogens with zero attached hydrogens (tertiary/aromatic N) is 2. The molecular weight excluding hydrogens is 236 g/mol. The minimum absolute atomic E-state index is 0.0692. The normalized spacial score (nSPS) is 10.9. The fourth-order valence-corrected chi connectivity index (χ4v) is 1.20. The SMILES string of the molecule is COC(=O)c1nc(C)cc(NC(C)(C)C(N)=O)n1. The lowest BCUT2D eigenvalue weighted by Gasteiger charge is -2.23. The first-order valence-corrected chi connectivity index (χ1v) is 5.28. The number of nitrogens with two attached hydrogens (primary N) is 1. The number of aryl methyl sites for hydroxylation is 1. The van der Waals surface area contributed by atoms with E-state index in [0.29, 0.717) is 11.5 Å². The van der Waals surface area contributed by atoms with E-state index in [1.165, 1.54) is 7.11 Å². The Morgan fingerprint density at radius 3 is 2.50 bits per heavy atom. The van der Waals surface area contributed by atoms with Crippen LogP contribution in [0.4, 0.5) is 5.82 Å². The van der Waals surface area contributed by atoms with Gasteiger partial charge in [-0.2, -0.15) is 0 Å². The Labute approximate surface area is 105 Å². The topological polar surface area (TPSA) is 107 Å². The van der Waals surface area contributed by atoms with Crippen molar-refractivity contribution in [2.24, 2.45) is 5.73 Å². The Kier molecular flexibility index (Phi) is 3.85. The van der Waals surface area contributed by atoms with Gasteiger partial charge in [-0.05, 0) is 20.8 Å². The first-order chi connectivity index (χ1) is 8.26. The van der Waals surface area contributed by atoms with Gasteiger partial charge < -0.3 is 15.8 Å². The molecule has 98 valence electrons. The third-order valence-electron chi connectivity index (χ3n) is 2.28. The molecule has 0 aliphatic rings. The molecule has 0 bridgehead atoms. The largest absolute Gasteiger partial charge is 0.463 e. The summed E-state index contributed by atoms with van der Waals surface area (Å²) in [6, 6.07) is 1.61. The van der Waals surface area contributed by atoms with E-state index < -0.39 is 17.4 Å². The number of esters is 1. The van der Waals surface area contributed by atoms with Gasteiger partial charge in [0.25, 0.3) is 0 Å². The predicted molar refractivity (Wildman–Crippen MR) is 65.0 cm³/mol. The van der Waals surface area contributed by atoms with Crippen molar-refractivity contribution >= 4 is 17.7 Å². The number of amides is 1. The second-order valence-electron chi connectivity index (χ2n) is 4.32. The van der Waals surface area contributed by atoms with Crippen molar-refractivity contribution in [2.75, 3.05) is 12.4 Å². The van der Waals surface area contributed by atoms with Crippen molar-refractivity contribution in [2.45, 2.75) is 26.3 Å². The summed E-state index contributed by atoms with van der Waals surface area (Å²) in [7, 11) is 1.24. The van der Waals surface area contributed by atoms with Crippen molar-refractivity contribution in [1.29, 1.82) is 0 Å². The van der Waals surface area contributed by atoms with Crippen molar-refractivity contribution in [1.82, 2.24) is 9.97 Å². The molecule has 7 heteroatoms. The first kappa shape index (κ1) is 13.9. The van der Waals surface area contributed by atoms with Gasteiger partial charge in [0.05, 0.1) is 7.11 Å². The summed E-state index contributed by atoms with van der Waals surface area (Å²) < 4.78 is 4.54. The monoisotopic (exact) mass is 252 g/mol. The van der Waals surface area contributed by atoms with Crippen LogP contribution >= 0.6 is 0 Å². The van der Waals surface area contributed by atoms with E-state index >= 15 is 0 Å². The summed E-state index contributed by atoms with van der Waals surface area (Å²) in [4.78, 5) is 30.5. The second kappa shape index (κ2) is 4.99. The number of anilines is 1. The molecule has 0 saturated heterocycles. The third kappa shape index (κ3) is 3.16. The maximum atomic E-state index is 11.4. The number of primary amides is 1. The summed E-state index contributed by atoms with van der Waals surface area (Å²) in [5, 5.41) is 2.84. The Bertz CT molecular complexity index is 485. The van der Waals surface area contributed by atoms with Gasteiger partial charge in [-0.25, -0.2) is 14.8 Å². The highest BCUT2D eigenvalue weighted by Crippen LogP contribution is 2.14. The number of hydrogen-bond donors (Lipinski definition) is 2. The van der Waals surface area contributed by atoms with Crippen LogP contribution in [-0.4, -0.2) is 34.5 Å². The average Bonchev–Trinajstić information content (AvgIpc) is 2.26. The van der Waals surface area contributed by atoms with Gasteiger partial charge in [0, 0.05) is 11.8 Å². The minimum atomic E-state index is -0.978. The van der Waals surface area contributed by atoms with Gasteiger partial charge in [-0.15, -0.1) is 0 Å². The minimum Gasteiger partial charge on any atom is -0.463 e. The summed E-state index contributed by atoms with van der Waals surface area (Å²) in [6.45, 7) is 4.94. The van der Waals surface area contributed by atoms with Crippen LogP contribution < -0.4 is 11.1 Å². The molecule has 0 spiro atoms. The number of nitrogens with one attached hydrogen (secondary N) is 1. The molecule has 18 heavy (non-hydrogen) atoms. The Hall–Kier alpha value is -2.18. The maximum Gasteiger partial charge on any atom is 0.376 e. The van der Waals surface area contributed by atoms with E-state index in [0.717, 1.165) is 0 Å². The molecule has 1 amide bonds. The van der Waals surface area contributed by atoms with Crippen LogP contribution in [-0.2, 0) is 9.53 Å². The van der Waals surface area contributed by atoms with Crippen LogP contribution in [0.15, 0.2) is 6.07 Å². The zero-order valence-electron chi connectivity index (χ0n) is 10.8. The van der Waals surface area contributed by atoms with E-state index in [-0.39, 0.29) is 5.82 Å². The summed E-state index contributed by atoms with van der Waals surface area (Å²) in [5.41, 5.74) is 4.84. The van der Waals surface area contributed by atoms with Gasteiger partial charge in [-0.3, -0.25) is 4.79 Å². The quantitative estimate of drug-likeness (QED) is 0.744. The molecule has 0 fully saturated rings. The molecule has 1 rings (SSSR count).